The zero-order valence-electron chi connectivity index (χ0n) is 12.9. The van der Waals surface area contributed by atoms with Gasteiger partial charge in [-0.1, -0.05) is 26.7 Å². The van der Waals surface area contributed by atoms with Gasteiger partial charge in [0.05, 0.1) is 18.4 Å². The van der Waals surface area contributed by atoms with Gasteiger partial charge < -0.3 is 10.1 Å². The van der Waals surface area contributed by atoms with E-state index in [1.807, 2.05) is 18.7 Å². The molecule has 1 N–H and O–H groups in total. The van der Waals surface area contributed by atoms with Crippen LogP contribution in [-0.2, 0) is 13.6 Å². The van der Waals surface area contributed by atoms with E-state index < -0.39 is 0 Å². The summed E-state index contributed by atoms with van der Waals surface area (Å²) >= 11 is 0. The Bertz CT molecular complexity index is 427. The van der Waals surface area contributed by atoms with E-state index >= 15 is 0 Å². The van der Waals surface area contributed by atoms with E-state index in [1.165, 1.54) is 24.8 Å². The van der Waals surface area contributed by atoms with Crippen LogP contribution < -0.4 is 10.1 Å². The van der Waals surface area contributed by atoms with E-state index in [2.05, 4.69) is 24.3 Å². The highest BCUT2D eigenvalue weighted by molar-refractivity contribution is 5.30. The number of hydrogen-bond donors (Lipinski definition) is 1. The van der Waals surface area contributed by atoms with Crippen LogP contribution >= 0.6 is 0 Å². The molecule has 4 nitrogen and oxygen atoms in total. The standard InChI is InChI=1S/C15H27N3O/c1-10-7-6-8-14(11(10)2)16-9-13-12(3)17-18(4)15(13)19-5/h10-11,14,16H,6-9H2,1-5H3. The van der Waals surface area contributed by atoms with Crippen LogP contribution in [-0.4, -0.2) is 22.9 Å². The molecule has 1 aliphatic carbocycles. The fourth-order valence-corrected chi connectivity index (χ4v) is 3.24. The number of rotatable bonds is 4. The van der Waals surface area contributed by atoms with Crippen LogP contribution in [0.4, 0.5) is 0 Å². The van der Waals surface area contributed by atoms with Gasteiger partial charge in [0, 0.05) is 19.6 Å². The molecule has 3 atom stereocenters. The van der Waals surface area contributed by atoms with Crippen molar-refractivity contribution >= 4 is 0 Å². The van der Waals surface area contributed by atoms with Gasteiger partial charge in [-0.2, -0.15) is 5.10 Å². The van der Waals surface area contributed by atoms with E-state index in [9.17, 15) is 0 Å². The normalized spacial score (nSPS) is 27.5. The molecule has 0 radical (unpaired) electrons. The van der Waals surface area contributed by atoms with Crippen molar-refractivity contribution in [3.8, 4) is 5.88 Å². The lowest BCUT2D eigenvalue weighted by molar-refractivity contribution is 0.205. The van der Waals surface area contributed by atoms with Gasteiger partial charge in [-0.25, -0.2) is 4.68 Å². The fraction of sp³-hybridized carbons (Fsp3) is 0.800. The average Bonchev–Trinajstić information content (AvgIpc) is 2.65. The second-order valence-corrected chi connectivity index (χ2v) is 5.95. The summed E-state index contributed by atoms with van der Waals surface area (Å²) in [5.74, 6) is 2.45. The summed E-state index contributed by atoms with van der Waals surface area (Å²) in [6.07, 6.45) is 3.99. The molecule has 1 aliphatic rings. The topological polar surface area (TPSA) is 39.1 Å². The van der Waals surface area contributed by atoms with Crippen LogP contribution in [0.1, 0.15) is 44.4 Å². The molecule has 4 heteroatoms. The second-order valence-electron chi connectivity index (χ2n) is 5.95. The number of nitrogens with one attached hydrogen (secondary N) is 1. The van der Waals surface area contributed by atoms with Crippen molar-refractivity contribution in [1.29, 1.82) is 0 Å². The first-order valence-corrected chi connectivity index (χ1v) is 7.34. The Morgan fingerprint density at radius 2 is 2.11 bits per heavy atom. The summed E-state index contributed by atoms with van der Waals surface area (Å²) in [6.45, 7) is 7.64. The third-order valence-electron chi connectivity index (χ3n) is 4.73. The molecular formula is C15H27N3O. The lowest BCUT2D eigenvalue weighted by Gasteiger charge is -2.34. The Hall–Kier alpha value is -1.03. The molecule has 1 aromatic heterocycles. The summed E-state index contributed by atoms with van der Waals surface area (Å²) in [6, 6.07) is 0.619. The van der Waals surface area contributed by atoms with Crippen molar-refractivity contribution in [3.05, 3.63) is 11.3 Å². The molecule has 3 unspecified atom stereocenters. The Morgan fingerprint density at radius 3 is 2.79 bits per heavy atom. The Kier molecular flexibility index (Phi) is 4.50. The van der Waals surface area contributed by atoms with Crippen molar-refractivity contribution in [2.45, 2.75) is 52.6 Å². The average molecular weight is 265 g/mol. The van der Waals surface area contributed by atoms with Gasteiger partial charge in [-0.15, -0.1) is 0 Å². The molecule has 19 heavy (non-hydrogen) atoms. The number of hydrogen-bond acceptors (Lipinski definition) is 3. The molecular weight excluding hydrogens is 238 g/mol. The summed E-state index contributed by atoms with van der Waals surface area (Å²) in [7, 11) is 3.64. The number of aromatic nitrogens is 2. The van der Waals surface area contributed by atoms with E-state index in [0.29, 0.717) is 6.04 Å². The predicted octanol–water partition coefficient (Wildman–Crippen LogP) is 2.65. The first-order chi connectivity index (χ1) is 9.04. The number of nitrogens with zero attached hydrogens (tertiary/aromatic N) is 2. The number of methoxy groups -OCH3 is 1. The van der Waals surface area contributed by atoms with Crippen molar-refractivity contribution in [2.24, 2.45) is 18.9 Å². The molecule has 108 valence electrons. The van der Waals surface area contributed by atoms with Crippen molar-refractivity contribution < 1.29 is 4.74 Å². The summed E-state index contributed by atoms with van der Waals surface area (Å²) in [4.78, 5) is 0. The van der Waals surface area contributed by atoms with Crippen LogP contribution in [0.2, 0.25) is 0 Å². The third-order valence-corrected chi connectivity index (χ3v) is 4.73. The molecule has 0 spiro atoms. The third kappa shape index (κ3) is 2.94. The summed E-state index contributed by atoms with van der Waals surface area (Å²) < 4.78 is 7.26. The van der Waals surface area contributed by atoms with Gasteiger partial charge >= 0.3 is 0 Å². The minimum absolute atomic E-state index is 0.619. The SMILES string of the molecule is COc1c(CNC2CCCC(C)C2C)c(C)nn1C. The van der Waals surface area contributed by atoms with Gasteiger partial charge in [0.1, 0.15) is 0 Å². The minimum atomic E-state index is 0.619. The van der Waals surface area contributed by atoms with Gasteiger partial charge in [-0.05, 0) is 25.2 Å². The number of aryl methyl sites for hydroxylation is 2. The predicted molar refractivity (Wildman–Crippen MR) is 77.3 cm³/mol. The van der Waals surface area contributed by atoms with Crippen LogP contribution in [0.5, 0.6) is 5.88 Å². The molecule has 2 rings (SSSR count). The highest BCUT2D eigenvalue weighted by atomic mass is 16.5. The van der Waals surface area contributed by atoms with Gasteiger partial charge in [0.15, 0.2) is 0 Å². The molecule has 0 aliphatic heterocycles. The quantitative estimate of drug-likeness (QED) is 0.909. The van der Waals surface area contributed by atoms with Gasteiger partial charge in [0.25, 0.3) is 0 Å². The fourth-order valence-electron chi connectivity index (χ4n) is 3.24. The van der Waals surface area contributed by atoms with Gasteiger partial charge in [0.2, 0.25) is 5.88 Å². The van der Waals surface area contributed by atoms with Crippen molar-refractivity contribution in [1.82, 2.24) is 15.1 Å². The van der Waals surface area contributed by atoms with E-state index in [4.69, 9.17) is 4.74 Å². The Balaban J connectivity index is 2.02. The molecule has 0 bridgehead atoms. The maximum atomic E-state index is 5.45. The summed E-state index contributed by atoms with van der Waals surface area (Å²) in [5.41, 5.74) is 2.25. The zero-order chi connectivity index (χ0) is 14.0. The Morgan fingerprint density at radius 1 is 1.37 bits per heavy atom. The second kappa shape index (κ2) is 5.95. The smallest absolute Gasteiger partial charge is 0.216 e. The lowest BCUT2D eigenvalue weighted by atomic mass is 9.78. The highest BCUT2D eigenvalue weighted by Gasteiger charge is 2.27. The molecule has 0 amide bonds. The van der Waals surface area contributed by atoms with Crippen LogP contribution in [0.15, 0.2) is 0 Å². The van der Waals surface area contributed by atoms with E-state index in [-0.39, 0.29) is 0 Å². The Labute approximate surface area is 116 Å². The maximum Gasteiger partial charge on any atom is 0.216 e. The first-order valence-electron chi connectivity index (χ1n) is 7.34. The van der Waals surface area contributed by atoms with E-state index in [0.717, 1.165) is 30.0 Å². The molecule has 0 aromatic carbocycles. The summed E-state index contributed by atoms with van der Waals surface area (Å²) in [5, 5.41) is 8.14. The zero-order valence-corrected chi connectivity index (χ0v) is 12.9. The van der Waals surface area contributed by atoms with Crippen molar-refractivity contribution in [2.75, 3.05) is 7.11 Å². The monoisotopic (exact) mass is 265 g/mol. The molecule has 1 heterocycles. The highest BCUT2D eigenvalue weighted by Crippen LogP contribution is 2.30. The van der Waals surface area contributed by atoms with Crippen LogP contribution in [0.3, 0.4) is 0 Å². The first kappa shape index (κ1) is 14.4. The lowest BCUT2D eigenvalue weighted by Crippen LogP contribution is -2.40. The molecule has 1 aromatic rings. The van der Waals surface area contributed by atoms with Crippen LogP contribution in [0, 0.1) is 18.8 Å². The van der Waals surface area contributed by atoms with E-state index in [1.54, 1.807) is 7.11 Å². The maximum absolute atomic E-state index is 5.45. The molecule has 1 fully saturated rings. The minimum Gasteiger partial charge on any atom is -0.481 e. The molecule has 0 saturated heterocycles. The van der Waals surface area contributed by atoms with Crippen LogP contribution in [0.25, 0.3) is 0 Å². The number of ether oxygens (including phenoxy) is 1. The molecule has 1 saturated carbocycles. The largest absolute Gasteiger partial charge is 0.481 e. The van der Waals surface area contributed by atoms with Crippen molar-refractivity contribution in [3.63, 3.8) is 0 Å². The van der Waals surface area contributed by atoms with Gasteiger partial charge in [-0.3, -0.25) is 0 Å².